The lowest BCUT2D eigenvalue weighted by Gasteiger charge is -2.15. The largest absolute Gasteiger partial charge is 0.349 e. The van der Waals surface area contributed by atoms with Crippen molar-refractivity contribution < 1.29 is 4.79 Å². The molecule has 0 bridgehead atoms. The zero-order valence-corrected chi connectivity index (χ0v) is 13.2. The highest BCUT2D eigenvalue weighted by Gasteiger charge is 2.25. The van der Waals surface area contributed by atoms with E-state index in [1.807, 2.05) is 0 Å². The van der Waals surface area contributed by atoms with E-state index in [-0.39, 0.29) is 30.7 Å². The van der Waals surface area contributed by atoms with Gasteiger partial charge in [0.15, 0.2) is 0 Å². The molecule has 0 aliphatic heterocycles. The molecule has 1 saturated carbocycles. The number of hydrogen-bond donors (Lipinski definition) is 2. The van der Waals surface area contributed by atoms with E-state index in [1.165, 1.54) is 24.2 Å². The standard InChI is InChI=1S/C11H18N4OS.2ClH/c1-15(8-2-3-8)5-4-13-11(16)9-7-17-10(6-12)14-9;;/h7-8H,2-6,12H2,1H3,(H,13,16);2*1H. The van der Waals surface area contributed by atoms with Crippen molar-refractivity contribution in [1.82, 2.24) is 15.2 Å². The molecule has 0 unspecified atom stereocenters. The predicted molar refractivity (Wildman–Crippen MR) is 82.5 cm³/mol. The smallest absolute Gasteiger partial charge is 0.270 e. The Bertz CT molecular complexity index is 398. The van der Waals surface area contributed by atoms with Gasteiger partial charge < -0.3 is 16.0 Å². The lowest BCUT2D eigenvalue weighted by molar-refractivity contribution is 0.0945. The maximum Gasteiger partial charge on any atom is 0.270 e. The fourth-order valence-electron chi connectivity index (χ4n) is 1.64. The number of hydrogen-bond acceptors (Lipinski definition) is 5. The Kier molecular flexibility index (Phi) is 8.52. The second-order valence-electron chi connectivity index (χ2n) is 4.30. The second kappa shape index (κ2) is 8.71. The molecule has 1 aliphatic carbocycles. The molecule has 19 heavy (non-hydrogen) atoms. The van der Waals surface area contributed by atoms with Gasteiger partial charge in [-0.05, 0) is 19.9 Å². The van der Waals surface area contributed by atoms with E-state index in [0.717, 1.165) is 17.6 Å². The topological polar surface area (TPSA) is 71.2 Å². The highest BCUT2D eigenvalue weighted by molar-refractivity contribution is 7.09. The summed E-state index contributed by atoms with van der Waals surface area (Å²) in [6, 6.07) is 0.731. The van der Waals surface area contributed by atoms with Crippen LogP contribution in [0.4, 0.5) is 0 Å². The Morgan fingerprint density at radius 1 is 1.58 bits per heavy atom. The third kappa shape index (κ3) is 5.62. The van der Waals surface area contributed by atoms with Crippen molar-refractivity contribution in [2.24, 2.45) is 5.73 Å². The summed E-state index contributed by atoms with van der Waals surface area (Å²) in [7, 11) is 2.10. The molecular formula is C11H20Cl2N4OS. The number of thiazole rings is 1. The number of carbonyl (C=O) groups is 1. The van der Waals surface area contributed by atoms with Gasteiger partial charge in [-0.2, -0.15) is 0 Å². The number of likely N-dealkylation sites (N-methyl/N-ethyl adjacent to an activating group) is 1. The van der Waals surface area contributed by atoms with E-state index in [4.69, 9.17) is 5.73 Å². The average molecular weight is 327 g/mol. The first kappa shape index (κ1) is 18.6. The maximum absolute atomic E-state index is 11.7. The fourth-order valence-corrected chi connectivity index (χ4v) is 2.30. The first-order chi connectivity index (χ1) is 8.20. The minimum atomic E-state index is -0.106. The lowest BCUT2D eigenvalue weighted by atomic mass is 10.4. The van der Waals surface area contributed by atoms with Crippen LogP contribution in [-0.4, -0.2) is 42.0 Å². The highest BCUT2D eigenvalue weighted by atomic mass is 35.5. The van der Waals surface area contributed by atoms with E-state index in [1.54, 1.807) is 5.38 Å². The van der Waals surface area contributed by atoms with Gasteiger partial charge in [-0.25, -0.2) is 4.98 Å². The van der Waals surface area contributed by atoms with Crippen LogP contribution in [0.3, 0.4) is 0 Å². The van der Waals surface area contributed by atoms with Crippen molar-refractivity contribution in [1.29, 1.82) is 0 Å². The summed E-state index contributed by atoms with van der Waals surface area (Å²) in [5.41, 5.74) is 5.93. The molecule has 3 N–H and O–H groups in total. The Morgan fingerprint density at radius 2 is 2.26 bits per heavy atom. The van der Waals surface area contributed by atoms with Crippen molar-refractivity contribution in [3.8, 4) is 0 Å². The first-order valence-corrected chi connectivity index (χ1v) is 6.71. The van der Waals surface area contributed by atoms with Gasteiger partial charge in [0.1, 0.15) is 10.7 Å². The summed E-state index contributed by atoms with van der Waals surface area (Å²) in [5.74, 6) is -0.106. The van der Waals surface area contributed by atoms with E-state index < -0.39 is 0 Å². The number of amides is 1. The van der Waals surface area contributed by atoms with Crippen LogP contribution in [0.2, 0.25) is 0 Å². The molecule has 1 aliphatic rings. The molecule has 0 aromatic carbocycles. The van der Waals surface area contributed by atoms with E-state index >= 15 is 0 Å². The summed E-state index contributed by atoms with van der Waals surface area (Å²) < 4.78 is 0. The van der Waals surface area contributed by atoms with Gasteiger partial charge in [-0.3, -0.25) is 4.79 Å². The molecule has 1 fully saturated rings. The SMILES string of the molecule is CN(CCNC(=O)c1csc(CN)n1)C1CC1.Cl.Cl. The van der Waals surface area contributed by atoms with Crippen LogP contribution in [0.15, 0.2) is 5.38 Å². The maximum atomic E-state index is 11.7. The van der Waals surface area contributed by atoms with Crippen LogP contribution >= 0.6 is 36.2 Å². The molecule has 110 valence electrons. The molecule has 1 amide bonds. The third-order valence-electron chi connectivity index (χ3n) is 2.88. The molecule has 5 nitrogen and oxygen atoms in total. The number of aromatic nitrogens is 1. The van der Waals surface area contributed by atoms with Gasteiger partial charge >= 0.3 is 0 Å². The average Bonchev–Trinajstić information content (AvgIpc) is 3.06. The Morgan fingerprint density at radius 3 is 2.79 bits per heavy atom. The van der Waals surface area contributed by atoms with E-state index in [9.17, 15) is 4.79 Å². The molecular weight excluding hydrogens is 307 g/mol. The molecule has 0 spiro atoms. The van der Waals surface area contributed by atoms with Gasteiger partial charge in [-0.15, -0.1) is 36.2 Å². The van der Waals surface area contributed by atoms with Gasteiger partial charge in [0.25, 0.3) is 5.91 Å². The van der Waals surface area contributed by atoms with Crippen molar-refractivity contribution in [3.05, 3.63) is 16.1 Å². The number of rotatable bonds is 6. The number of nitrogens with one attached hydrogen (secondary N) is 1. The molecule has 8 heteroatoms. The van der Waals surface area contributed by atoms with Gasteiger partial charge in [0, 0.05) is 31.1 Å². The quantitative estimate of drug-likeness (QED) is 0.825. The Labute approximate surface area is 129 Å². The second-order valence-corrected chi connectivity index (χ2v) is 5.24. The summed E-state index contributed by atoms with van der Waals surface area (Å²) in [5, 5.41) is 5.42. The summed E-state index contributed by atoms with van der Waals surface area (Å²) >= 11 is 1.43. The summed E-state index contributed by atoms with van der Waals surface area (Å²) in [6.07, 6.45) is 2.58. The van der Waals surface area contributed by atoms with Crippen LogP contribution < -0.4 is 11.1 Å². The minimum absolute atomic E-state index is 0. The van der Waals surface area contributed by atoms with Crippen molar-refractivity contribution in [2.45, 2.75) is 25.4 Å². The van der Waals surface area contributed by atoms with Crippen LogP contribution in [0.5, 0.6) is 0 Å². The third-order valence-corrected chi connectivity index (χ3v) is 3.75. The normalized spacial score (nSPS) is 13.6. The molecule has 1 heterocycles. The van der Waals surface area contributed by atoms with E-state index in [0.29, 0.717) is 18.8 Å². The number of nitrogens with two attached hydrogens (primary N) is 1. The van der Waals surface area contributed by atoms with Crippen LogP contribution in [-0.2, 0) is 6.54 Å². The van der Waals surface area contributed by atoms with Crippen molar-refractivity contribution in [3.63, 3.8) is 0 Å². The molecule has 0 radical (unpaired) electrons. The number of halogens is 2. The Hall–Kier alpha value is -0.400. The highest BCUT2D eigenvalue weighted by Crippen LogP contribution is 2.24. The lowest BCUT2D eigenvalue weighted by Crippen LogP contribution is -2.34. The zero-order chi connectivity index (χ0) is 12.3. The van der Waals surface area contributed by atoms with Crippen molar-refractivity contribution >= 4 is 42.1 Å². The summed E-state index contributed by atoms with van der Waals surface area (Å²) in [4.78, 5) is 18.1. The molecule has 1 aromatic heterocycles. The van der Waals surface area contributed by atoms with Gasteiger partial charge in [0.2, 0.25) is 0 Å². The first-order valence-electron chi connectivity index (χ1n) is 5.83. The number of nitrogens with zero attached hydrogens (tertiary/aromatic N) is 2. The van der Waals surface area contributed by atoms with Crippen LogP contribution in [0, 0.1) is 0 Å². The molecule has 0 saturated heterocycles. The predicted octanol–water partition coefficient (Wildman–Crippen LogP) is 1.27. The number of carbonyl (C=O) groups excluding carboxylic acids is 1. The molecule has 0 atom stereocenters. The van der Waals surface area contributed by atoms with Crippen LogP contribution in [0.1, 0.15) is 28.3 Å². The summed E-state index contributed by atoms with van der Waals surface area (Å²) in [6.45, 7) is 1.95. The zero-order valence-electron chi connectivity index (χ0n) is 10.8. The molecule has 2 rings (SSSR count). The van der Waals surface area contributed by atoms with Crippen LogP contribution in [0.25, 0.3) is 0 Å². The van der Waals surface area contributed by atoms with Gasteiger partial charge in [-0.1, -0.05) is 0 Å². The monoisotopic (exact) mass is 326 g/mol. The fraction of sp³-hybridized carbons (Fsp3) is 0.636. The molecule has 1 aromatic rings. The Balaban J connectivity index is 0.00000162. The van der Waals surface area contributed by atoms with E-state index in [2.05, 4.69) is 22.2 Å². The minimum Gasteiger partial charge on any atom is -0.349 e. The van der Waals surface area contributed by atoms with Crippen molar-refractivity contribution in [2.75, 3.05) is 20.1 Å². The van der Waals surface area contributed by atoms with Gasteiger partial charge in [0.05, 0.1) is 0 Å².